The molecule has 1 fully saturated rings. The highest BCUT2D eigenvalue weighted by atomic mass is 19.4. The van der Waals surface area contributed by atoms with E-state index in [1.54, 1.807) is 0 Å². The van der Waals surface area contributed by atoms with Gasteiger partial charge in [-0.2, -0.15) is 26.3 Å². The van der Waals surface area contributed by atoms with E-state index in [0.717, 1.165) is 10.8 Å². The number of ether oxygens (including phenoxy) is 1. The summed E-state index contributed by atoms with van der Waals surface area (Å²) in [6, 6.07) is 0.738. The van der Waals surface area contributed by atoms with E-state index < -0.39 is 70.9 Å². The number of aliphatic hydroxyl groups excluding tert-OH is 2. The summed E-state index contributed by atoms with van der Waals surface area (Å²) in [5.41, 5.74) is -6.22. The lowest BCUT2D eigenvalue weighted by atomic mass is 10.0. The van der Waals surface area contributed by atoms with E-state index in [0.29, 0.717) is 12.1 Å². The van der Waals surface area contributed by atoms with Crippen molar-refractivity contribution < 1.29 is 41.3 Å². The standard InChI is InChI=1S/C19H14F6N2O5/c20-18(21,22)11-3-9(4-12(5-11)19(23,24)25)1-2-10-7-27(17(31)26-16(10)30)15-6-13(29)14(8-28)32-15/h3-5,7,13-15,28-29H,6,8H2,(H,26,30,31)/t13-,14+,15+/m0/s1. The van der Waals surface area contributed by atoms with Crippen molar-refractivity contribution in [1.29, 1.82) is 0 Å². The van der Waals surface area contributed by atoms with E-state index in [9.17, 15) is 41.0 Å². The molecule has 0 radical (unpaired) electrons. The molecule has 0 saturated carbocycles. The van der Waals surface area contributed by atoms with Crippen molar-refractivity contribution in [2.45, 2.75) is 37.2 Å². The van der Waals surface area contributed by atoms with Gasteiger partial charge in [-0.05, 0) is 18.2 Å². The van der Waals surface area contributed by atoms with Crippen LogP contribution in [0.25, 0.3) is 0 Å². The summed E-state index contributed by atoms with van der Waals surface area (Å²) < 4.78 is 83.9. The van der Waals surface area contributed by atoms with E-state index in [4.69, 9.17) is 9.84 Å². The lowest BCUT2D eigenvalue weighted by Gasteiger charge is -2.14. The SMILES string of the molecule is O=c1[nH]c(=O)n([C@H]2C[C@H](O)[C@@H](CO)O2)cc1C#Cc1cc(C(F)(F)F)cc(C(F)(F)F)c1. The van der Waals surface area contributed by atoms with Gasteiger partial charge in [-0.3, -0.25) is 14.3 Å². The molecular formula is C19H14F6N2O5. The molecule has 0 aliphatic carbocycles. The number of hydrogen-bond donors (Lipinski definition) is 3. The summed E-state index contributed by atoms with van der Waals surface area (Å²) >= 11 is 0. The minimum Gasteiger partial charge on any atom is -0.394 e. The number of hydrogen-bond acceptors (Lipinski definition) is 5. The van der Waals surface area contributed by atoms with Crippen LogP contribution in [0.15, 0.2) is 34.0 Å². The summed E-state index contributed by atoms with van der Waals surface area (Å²) in [6.45, 7) is -0.542. The van der Waals surface area contributed by atoms with Gasteiger partial charge in [0.1, 0.15) is 17.9 Å². The van der Waals surface area contributed by atoms with E-state index in [-0.39, 0.29) is 12.5 Å². The molecule has 3 N–H and O–H groups in total. The first-order chi connectivity index (χ1) is 14.8. The maximum absolute atomic E-state index is 13.0. The first-order valence-electron chi connectivity index (χ1n) is 8.91. The number of rotatable bonds is 2. The minimum absolute atomic E-state index is 0.0571. The highest BCUT2D eigenvalue weighted by Crippen LogP contribution is 2.36. The molecule has 3 atom stereocenters. The van der Waals surface area contributed by atoms with Gasteiger partial charge in [-0.1, -0.05) is 11.8 Å². The van der Waals surface area contributed by atoms with Crippen LogP contribution in [-0.2, 0) is 17.1 Å². The lowest BCUT2D eigenvalue weighted by Crippen LogP contribution is -2.33. The Labute approximate surface area is 174 Å². The number of benzene rings is 1. The normalized spacial score (nSPS) is 21.3. The van der Waals surface area contributed by atoms with Crippen LogP contribution in [0.3, 0.4) is 0 Å². The quantitative estimate of drug-likeness (QED) is 0.463. The average Bonchev–Trinajstić information content (AvgIpc) is 3.06. The molecule has 0 unspecified atom stereocenters. The number of aromatic nitrogens is 2. The molecule has 1 aliphatic heterocycles. The molecular weight excluding hydrogens is 450 g/mol. The van der Waals surface area contributed by atoms with Gasteiger partial charge in [0.25, 0.3) is 5.56 Å². The predicted octanol–water partition coefficient (Wildman–Crippen LogP) is 1.61. The Bertz CT molecular complexity index is 1160. The molecule has 13 heteroatoms. The summed E-state index contributed by atoms with van der Waals surface area (Å²) in [5, 5.41) is 18.9. The van der Waals surface area contributed by atoms with Gasteiger partial charge in [-0.15, -0.1) is 0 Å². The highest BCUT2D eigenvalue weighted by Gasteiger charge is 2.37. The fraction of sp³-hybridized carbons (Fsp3) is 0.368. The van der Waals surface area contributed by atoms with E-state index in [1.165, 1.54) is 0 Å². The van der Waals surface area contributed by atoms with Crippen LogP contribution in [0.4, 0.5) is 26.3 Å². The van der Waals surface area contributed by atoms with Crippen LogP contribution in [0.2, 0.25) is 0 Å². The first kappa shape index (κ1) is 23.6. The summed E-state index contributed by atoms with van der Waals surface area (Å²) in [6.07, 6.45) is -12.5. The Morgan fingerprint density at radius 2 is 1.66 bits per heavy atom. The molecule has 3 rings (SSSR count). The molecule has 2 heterocycles. The van der Waals surface area contributed by atoms with Gasteiger partial charge in [0.05, 0.1) is 23.8 Å². The predicted molar refractivity (Wildman–Crippen MR) is 95.4 cm³/mol. The second-order valence-electron chi connectivity index (χ2n) is 6.87. The van der Waals surface area contributed by atoms with Crippen molar-refractivity contribution in [1.82, 2.24) is 9.55 Å². The largest absolute Gasteiger partial charge is 0.416 e. The fourth-order valence-corrected chi connectivity index (χ4v) is 3.01. The maximum Gasteiger partial charge on any atom is 0.416 e. The van der Waals surface area contributed by atoms with E-state index in [2.05, 4.69) is 11.8 Å². The Hall–Kier alpha value is -3.08. The number of halogens is 6. The molecule has 1 aromatic heterocycles. The van der Waals surface area contributed by atoms with Gasteiger partial charge in [-0.25, -0.2) is 4.79 Å². The number of nitrogens with zero attached hydrogens (tertiary/aromatic N) is 1. The van der Waals surface area contributed by atoms with Gasteiger partial charge < -0.3 is 14.9 Å². The molecule has 0 amide bonds. The number of aromatic amines is 1. The monoisotopic (exact) mass is 464 g/mol. The van der Waals surface area contributed by atoms with E-state index >= 15 is 0 Å². The second kappa shape index (κ2) is 8.45. The van der Waals surface area contributed by atoms with Crippen LogP contribution in [0.1, 0.15) is 34.9 Å². The van der Waals surface area contributed by atoms with Gasteiger partial charge in [0.2, 0.25) is 0 Å². The summed E-state index contributed by atoms with van der Waals surface area (Å²) in [4.78, 5) is 26.0. The zero-order chi connectivity index (χ0) is 23.8. The molecule has 172 valence electrons. The van der Waals surface area contributed by atoms with Gasteiger partial charge >= 0.3 is 18.0 Å². The Kier molecular flexibility index (Phi) is 6.23. The van der Waals surface area contributed by atoms with Crippen molar-refractivity contribution in [3.8, 4) is 11.8 Å². The molecule has 1 saturated heterocycles. The molecule has 32 heavy (non-hydrogen) atoms. The fourth-order valence-electron chi connectivity index (χ4n) is 3.01. The third kappa shape index (κ3) is 5.04. The zero-order valence-corrected chi connectivity index (χ0v) is 15.8. The highest BCUT2D eigenvalue weighted by molar-refractivity contribution is 5.46. The number of aliphatic hydroxyl groups is 2. The van der Waals surface area contributed by atoms with Crippen molar-refractivity contribution in [2.75, 3.05) is 6.61 Å². The first-order valence-corrected chi connectivity index (χ1v) is 8.91. The third-order valence-corrected chi connectivity index (χ3v) is 4.59. The number of nitrogens with one attached hydrogen (secondary N) is 1. The topological polar surface area (TPSA) is 105 Å². The van der Waals surface area contributed by atoms with Crippen LogP contribution in [-0.4, -0.2) is 38.6 Å². The van der Waals surface area contributed by atoms with Crippen LogP contribution in [0.5, 0.6) is 0 Å². The van der Waals surface area contributed by atoms with Crippen molar-refractivity contribution in [3.63, 3.8) is 0 Å². The molecule has 0 spiro atoms. The Morgan fingerprint density at radius 1 is 1.06 bits per heavy atom. The molecule has 0 bridgehead atoms. The molecule has 1 aliphatic rings. The van der Waals surface area contributed by atoms with Gasteiger partial charge in [0.15, 0.2) is 0 Å². The van der Waals surface area contributed by atoms with Crippen molar-refractivity contribution >= 4 is 0 Å². The van der Waals surface area contributed by atoms with Gasteiger partial charge in [0, 0.05) is 18.2 Å². The number of alkyl halides is 6. The summed E-state index contributed by atoms with van der Waals surface area (Å²) in [5.74, 6) is 4.24. The van der Waals surface area contributed by atoms with E-state index in [1.807, 2.05) is 4.98 Å². The van der Waals surface area contributed by atoms with Crippen LogP contribution >= 0.6 is 0 Å². The second-order valence-corrected chi connectivity index (χ2v) is 6.87. The smallest absolute Gasteiger partial charge is 0.394 e. The summed E-state index contributed by atoms with van der Waals surface area (Å²) in [7, 11) is 0. The zero-order valence-electron chi connectivity index (χ0n) is 15.8. The lowest BCUT2D eigenvalue weighted by molar-refractivity contribution is -0.143. The maximum atomic E-state index is 13.0. The molecule has 1 aromatic carbocycles. The van der Waals surface area contributed by atoms with Crippen molar-refractivity contribution in [2.24, 2.45) is 0 Å². The third-order valence-electron chi connectivity index (χ3n) is 4.59. The molecule has 2 aromatic rings. The minimum atomic E-state index is -5.06. The Balaban J connectivity index is 2.03. The number of H-pyrrole nitrogens is 1. The van der Waals surface area contributed by atoms with Crippen molar-refractivity contribution in [3.05, 3.63) is 67.5 Å². The van der Waals surface area contributed by atoms with Crippen LogP contribution in [0, 0.1) is 11.8 Å². The Morgan fingerprint density at radius 3 is 2.16 bits per heavy atom. The average molecular weight is 464 g/mol. The molecule has 7 nitrogen and oxygen atoms in total. The van der Waals surface area contributed by atoms with Crippen LogP contribution < -0.4 is 11.2 Å².